The number of carbonyl (C=O) groups excluding carboxylic acids is 1. The minimum absolute atomic E-state index is 0.101. The zero-order valence-electron chi connectivity index (χ0n) is 16.8. The van der Waals surface area contributed by atoms with Gasteiger partial charge in [0.2, 0.25) is 0 Å². The first-order valence-electron chi connectivity index (χ1n) is 9.62. The van der Waals surface area contributed by atoms with Gasteiger partial charge in [-0.2, -0.15) is 0 Å². The third-order valence-electron chi connectivity index (χ3n) is 4.87. The molecule has 4 aromatic rings. The van der Waals surface area contributed by atoms with Crippen molar-refractivity contribution in [3.05, 3.63) is 94.5 Å². The summed E-state index contributed by atoms with van der Waals surface area (Å²) in [5, 5.41) is 9.01. The molecule has 0 saturated carbocycles. The lowest BCUT2D eigenvalue weighted by Gasteiger charge is -2.11. The molecule has 7 nitrogen and oxygen atoms in total. The maximum atomic E-state index is 12.9. The number of carbonyl (C=O) groups is 1. The molecule has 0 unspecified atom stereocenters. The van der Waals surface area contributed by atoms with Gasteiger partial charge in [-0.05, 0) is 53.1 Å². The number of benzene rings is 3. The lowest BCUT2D eigenvalue weighted by atomic mass is 10.0. The molecule has 0 atom stereocenters. The molecule has 0 bridgehead atoms. The average molecular weight is 455 g/mol. The second-order valence-corrected chi connectivity index (χ2v) is 7.13. The second kappa shape index (κ2) is 8.75. The van der Waals surface area contributed by atoms with Crippen LogP contribution in [0.5, 0.6) is 5.75 Å². The van der Waals surface area contributed by atoms with Crippen molar-refractivity contribution >= 4 is 16.8 Å². The Morgan fingerprint density at radius 1 is 1.03 bits per heavy atom. The topological polar surface area (TPSA) is 93.5 Å². The standard InChI is InChI=1S/C23H16F3N3O4/c24-23(25,26)33-18-6-2-5-16(10-18)15-4-1-3-14(9-15)12-29-13-27-20-8-7-17(21(30)28-32)11-19(20)22(29)31/h1-11,13,32H,12H2,(H,28,30). The van der Waals surface area contributed by atoms with Crippen molar-refractivity contribution in [2.24, 2.45) is 0 Å². The molecule has 0 spiro atoms. The van der Waals surface area contributed by atoms with E-state index in [0.29, 0.717) is 22.2 Å². The molecular formula is C23H16F3N3O4. The summed E-state index contributed by atoms with van der Waals surface area (Å²) in [5.41, 5.74) is 3.49. The number of fused-ring (bicyclic) bond motifs is 1. The minimum Gasteiger partial charge on any atom is -0.406 e. The largest absolute Gasteiger partial charge is 0.573 e. The molecule has 1 heterocycles. The molecular weight excluding hydrogens is 439 g/mol. The molecule has 10 heteroatoms. The summed E-state index contributed by atoms with van der Waals surface area (Å²) in [4.78, 5) is 28.8. The molecule has 1 amide bonds. The van der Waals surface area contributed by atoms with E-state index in [1.807, 2.05) is 0 Å². The summed E-state index contributed by atoms with van der Waals surface area (Å²) in [5.74, 6) is -1.08. The Kier molecular flexibility index (Phi) is 5.84. The zero-order chi connectivity index (χ0) is 23.6. The van der Waals surface area contributed by atoms with E-state index in [0.717, 1.165) is 0 Å². The summed E-state index contributed by atoms with van der Waals surface area (Å²) in [6, 6.07) is 16.9. The highest BCUT2D eigenvalue weighted by atomic mass is 19.4. The molecule has 2 N–H and O–H groups in total. The summed E-state index contributed by atoms with van der Waals surface area (Å²) >= 11 is 0. The highest BCUT2D eigenvalue weighted by Crippen LogP contribution is 2.28. The number of hydroxylamine groups is 1. The van der Waals surface area contributed by atoms with Crippen molar-refractivity contribution in [3.8, 4) is 16.9 Å². The van der Waals surface area contributed by atoms with Crippen LogP contribution in [0.2, 0.25) is 0 Å². The van der Waals surface area contributed by atoms with Crippen LogP contribution in [0.1, 0.15) is 15.9 Å². The molecule has 33 heavy (non-hydrogen) atoms. The quantitative estimate of drug-likeness (QED) is 0.349. The number of rotatable bonds is 5. The van der Waals surface area contributed by atoms with E-state index >= 15 is 0 Å². The molecule has 168 valence electrons. The van der Waals surface area contributed by atoms with Crippen molar-refractivity contribution in [2.75, 3.05) is 0 Å². The Bertz CT molecular complexity index is 1400. The van der Waals surface area contributed by atoms with Gasteiger partial charge in [0.05, 0.1) is 23.8 Å². The van der Waals surface area contributed by atoms with E-state index in [1.165, 1.54) is 52.8 Å². The average Bonchev–Trinajstić information content (AvgIpc) is 2.79. The number of halogens is 3. The third-order valence-corrected chi connectivity index (χ3v) is 4.87. The van der Waals surface area contributed by atoms with E-state index in [9.17, 15) is 22.8 Å². The number of ether oxygens (including phenoxy) is 1. The summed E-state index contributed by atoms with van der Waals surface area (Å²) in [7, 11) is 0. The summed E-state index contributed by atoms with van der Waals surface area (Å²) < 4.78 is 42.9. The predicted molar refractivity (Wildman–Crippen MR) is 113 cm³/mol. The number of hydrogen-bond donors (Lipinski definition) is 2. The van der Waals surface area contributed by atoms with Crippen LogP contribution < -0.4 is 15.8 Å². The van der Waals surface area contributed by atoms with Gasteiger partial charge in [0.15, 0.2) is 0 Å². The van der Waals surface area contributed by atoms with Crippen molar-refractivity contribution in [1.29, 1.82) is 0 Å². The van der Waals surface area contributed by atoms with Crippen LogP contribution in [0.15, 0.2) is 77.9 Å². The van der Waals surface area contributed by atoms with Crippen molar-refractivity contribution in [2.45, 2.75) is 12.9 Å². The van der Waals surface area contributed by atoms with Gasteiger partial charge in [-0.15, -0.1) is 13.2 Å². The highest BCUT2D eigenvalue weighted by molar-refractivity contribution is 5.97. The summed E-state index contributed by atoms with van der Waals surface area (Å²) in [6.07, 6.45) is -3.41. The van der Waals surface area contributed by atoms with Crippen molar-refractivity contribution < 1.29 is 27.9 Å². The Balaban J connectivity index is 1.65. The zero-order valence-corrected chi connectivity index (χ0v) is 16.8. The number of amides is 1. The van der Waals surface area contributed by atoms with Crippen LogP contribution >= 0.6 is 0 Å². The van der Waals surface area contributed by atoms with Crippen molar-refractivity contribution in [1.82, 2.24) is 15.0 Å². The van der Waals surface area contributed by atoms with Gasteiger partial charge in [-0.25, -0.2) is 10.5 Å². The third kappa shape index (κ3) is 5.01. The Labute approximate surface area is 184 Å². The fourth-order valence-corrected chi connectivity index (χ4v) is 3.40. The van der Waals surface area contributed by atoms with Gasteiger partial charge in [0.25, 0.3) is 11.5 Å². The van der Waals surface area contributed by atoms with Gasteiger partial charge >= 0.3 is 6.36 Å². The molecule has 3 aromatic carbocycles. The van der Waals surface area contributed by atoms with E-state index in [4.69, 9.17) is 5.21 Å². The Morgan fingerprint density at radius 3 is 2.48 bits per heavy atom. The van der Waals surface area contributed by atoms with Gasteiger partial charge in [-0.1, -0.05) is 30.3 Å². The van der Waals surface area contributed by atoms with Gasteiger partial charge in [-0.3, -0.25) is 19.4 Å². The molecule has 0 aliphatic rings. The lowest BCUT2D eigenvalue weighted by molar-refractivity contribution is -0.274. The fraction of sp³-hybridized carbons (Fsp3) is 0.0870. The Morgan fingerprint density at radius 2 is 1.76 bits per heavy atom. The summed E-state index contributed by atoms with van der Waals surface area (Å²) in [6.45, 7) is 0.144. The van der Waals surface area contributed by atoms with Crippen LogP contribution in [0, 0.1) is 0 Å². The number of hydrogen-bond acceptors (Lipinski definition) is 5. The maximum absolute atomic E-state index is 12.9. The van der Waals surface area contributed by atoms with Crippen LogP contribution in [0.25, 0.3) is 22.0 Å². The molecule has 0 aliphatic heterocycles. The van der Waals surface area contributed by atoms with Crippen molar-refractivity contribution in [3.63, 3.8) is 0 Å². The van der Waals surface area contributed by atoms with Crippen LogP contribution in [0.4, 0.5) is 13.2 Å². The number of aromatic nitrogens is 2. The molecule has 0 saturated heterocycles. The first-order valence-corrected chi connectivity index (χ1v) is 9.62. The predicted octanol–water partition coefficient (Wildman–Crippen LogP) is 4.13. The maximum Gasteiger partial charge on any atom is 0.573 e. The lowest BCUT2D eigenvalue weighted by Crippen LogP contribution is -2.23. The number of alkyl halides is 3. The minimum atomic E-state index is -4.79. The molecule has 4 rings (SSSR count). The van der Waals surface area contributed by atoms with Crippen LogP contribution in [-0.2, 0) is 6.54 Å². The van der Waals surface area contributed by atoms with Crippen LogP contribution in [0.3, 0.4) is 0 Å². The highest BCUT2D eigenvalue weighted by Gasteiger charge is 2.31. The monoisotopic (exact) mass is 455 g/mol. The fourth-order valence-electron chi connectivity index (χ4n) is 3.40. The van der Waals surface area contributed by atoms with Gasteiger partial charge < -0.3 is 4.74 Å². The Hall–Kier alpha value is -4.18. The molecule has 0 fully saturated rings. The van der Waals surface area contributed by atoms with E-state index < -0.39 is 17.8 Å². The van der Waals surface area contributed by atoms with E-state index in [2.05, 4.69) is 9.72 Å². The first kappa shape index (κ1) is 22.0. The molecule has 0 radical (unpaired) electrons. The SMILES string of the molecule is O=C(NO)c1ccc2ncn(Cc3cccc(-c4cccc(OC(F)(F)F)c4)c3)c(=O)c2c1. The van der Waals surface area contributed by atoms with E-state index in [1.54, 1.807) is 30.3 Å². The molecule has 1 aromatic heterocycles. The number of nitrogens with zero attached hydrogens (tertiary/aromatic N) is 2. The molecule has 0 aliphatic carbocycles. The van der Waals surface area contributed by atoms with Gasteiger partial charge in [0, 0.05) is 5.56 Å². The smallest absolute Gasteiger partial charge is 0.406 e. The second-order valence-electron chi connectivity index (χ2n) is 7.13. The normalized spacial score (nSPS) is 11.4. The number of nitrogens with one attached hydrogen (secondary N) is 1. The van der Waals surface area contributed by atoms with Crippen LogP contribution in [-0.4, -0.2) is 27.0 Å². The first-order chi connectivity index (χ1) is 15.7. The van der Waals surface area contributed by atoms with E-state index in [-0.39, 0.29) is 23.2 Å². The van der Waals surface area contributed by atoms with Gasteiger partial charge in [0.1, 0.15) is 5.75 Å².